The van der Waals surface area contributed by atoms with Gasteiger partial charge in [0.15, 0.2) is 0 Å². The second-order valence-electron chi connectivity index (χ2n) is 9.62. The molecular weight excluding hydrogens is 592 g/mol. The third-order valence-electron chi connectivity index (χ3n) is 6.51. The van der Waals surface area contributed by atoms with Gasteiger partial charge in [0.25, 0.3) is 17.7 Å². The van der Waals surface area contributed by atoms with Crippen molar-refractivity contribution >= 4 is 52.8 Å². The number of anilines is 2. The van der Waals surface area contributed by atoms with Crippen molar-refractivity contribution in [2.24, 2.45) is 5.73 Å². The van der Waals surface area contributed by atoms with E-state index in [4.69, 9.17) is 15.2 Å². The number of methoxy groups -OCH3 is 2. The zero-order valence-electron chi connectivity index (χ0n) is 24.8. The Labute approximate surface area is 265 Å². The maximum absolute atomic E-state index is 13.5. The second kappa shape index (κ2) is 15.3. The standard InChI is InChI=1S/C34H32N4O6S/c1-21(32(40)37-28-12-8-7-11-27(28)31(35)39)45-26-16-13-24(14-17-26)36-34(42)29(38-33(41)22-9-5-4-6-10-22)20-23-19-25(43-2)15-18-30(23)44-3/h4-21H,1-3H3,(H2,35,39)(H,36,42)(H,37,40)(H,38,41)/b29-20-. The first-order valence-electron chi connectivity index (χ1n) is 13.8. The molecule has 0 heterocycles. The number of hydrogen-bond acceptors (Lipinski definition) is 7. The Morgan fingerprint density at radius 2 is 1.51 bits per heavy atom. The highest BCUT2D eigenvalue weighted by molar-refractivity contribution is 8.00. The Hall–Kier alpha value is -5.55. The fraction of sp³-hybridized carbons (Fsp3) is 0.118. The first-order valence-corrected chi connectivity index (χ1v) is 14.6. The van der Waals surface area contributed by atoms with Gasteiger partial charge in [-0.1, -0.05) is 30.3 Å². The molecule has 0 aliphatic rings. The Morgan fingerprint density at radius 3 is 2.18 bits per heavy atom. The normalized spacial score (nSPS) is 11.6. The Kier molecular flexibility index (Phi) is 11.0. The fourth-order valence-electron chi connectivity index (χ4n) is 4.16. The van der Waals surface area contributed by atoms with Crippen molar-refractivity contribution in [3.8, 4) is 11.5 Å². The smallest absolute Gasteiger partial charge is 0.272 e. The lowest BCUT2D eigenvalue weighted by Crippen LogP contribution is -2.30. The molecule has 1 atom stereocenters. The topological polar surface area (TPSA) is 149 Å². The summed E-state index contributed by atoms with van der Waals surface area (Å²) < 4.78 is 10.8. The van der Waals surface area contributed by atoms with Gasteiger partial charge in [-0.15, -0.1) is 11.8 Å². The number of carbonyl (C=O) groups is 4. The summed E-state index contributed by atoms with van der Waals surface area (Å²) in [5.74, 6) is -0.939. The molecule has 4 aromatic carbocycles. The molecular formula is C34H32N4O6S. The van der Waals surface area contributed by atoms with E-state index in [-0.39, 0.29) is 17.2 Å². The number of primary amides is 1. The number of ether oxygens (including phenoxy) is 2. The lowest BCUT2D eigenvalue weighted by Gasteiger charge is -2.15. The lowest BCUT2D eigenvalue weighted by molar-refractivity contribution is -0.115. The molecule has 11 heteroatoms. The van der Waals surface area contributed by atoms with Gasteiger partial charge >= 0.3 is 0 Å². The van der Waals surface area contributed by atoms with Crippen molar-refractivity contribution in [3.63, 3.8) is 0 Å². The zero-order chi connectivity index (χ0) is 32.3. The van der Waals surface area contributed by atoms with E-state index in [2.05, 4.69) is 16.0 Å². The van der Waals surface area contributed by atoms with Gasteiger partial charge in [0, 0.05) is 21.7 Å². The van der Waals surface area contributed by atoms with Crippen LogP contribution in [-0.2, 0) is 9.59 Å². The van der Waals surface area contributed by atoms with E-state index >= 15 is 0 Å². The minimum Gasteiger partial charge on any atom is -0.497 e. The van der Waals surface area contributed by atoms with E-state index in [0.29, 0.717) is 34.0 Å². The summed E-state index contributed by atoms with van der Waals surface area (Å²) >= 11 is 1.30. The van der Waals surface area contributed by atoms with Gasteiger partial charge in [0.05, 0.1) is 30.7 Å². The molecule has 4 amide bonds. The highest BCUT2D eigenvalue weighted by Gasteiger charge is 2.19. The van der Waals surface area contributed by atoms with Crippen LogP contribution in [0.4, 0.5) is 11.4 Å². The molecule has 4 rings (SSSR count). The minimum atomic E-state index is -0.635. The molecule has 0 saturated heterocycles. The van der Waals surface area contributed by atoms with Crippen molar-refractivity contribution in [1.29, 1.82) is 0 Å². The predicted octanol–water partition coefficient (Wildman–Crippen LogP) is 5.33. The number of nitrogens with one attached hydrogen (secondary N) is 3. The summed E-state index contributed by atoms with van der Waals surface area (Å²) in [6.07, 6.45) is 1.51. The summed E-state index contributed by atoms with van der Waals surface area (Å²) in [4.78, 5) is 51.7. The van der Waals surface area contributed by atoms with Gasteiger partial charge in [0.2, 0.25) is 5.91 Å². The van der Waals surface area contributed by atoms with Crippen molar-refractivity contribution in [2.45, 2.75) is 17.1 Å². The van der Waals surface area contributed by atoms with Crippen molar-refractivity contribution in [3.05, 3.63) is 119 Å². The minimum absolute atomic E-state index is 0.0182. The van der Waals surface area contributed by atoms with Crippen LogP contribution in [0.3, 0.4) is 0 Å². The van der Waals surface area contributed by atoms with Crippen molar-refractivity contribution < 1.29 is 28.7 Å². The number of nitrogens with two attached hydrogens (primary N) is 1. The van der Waals surface area contributed by atoms with E-state index in [1.54, 1.807) is 104 Å². The van der Waals surface area contributed by atoms with Crippen LogP contribution in [0, 0.1) is 0 Å². The Morgan fingerprint density at radius 1 is 0.822 bits per heavy atom. The molecule has 0 spiro atoms. The Bertz CT molecular complexity index is 1720. The zero-order valence-corrected chi connectivity index (χ0v) is 25.6. The number of rotatable bonds is 12. The lowest BCUT2D eigenvalue weighted by atomic mass is 10.1. The monoisotopic (exact) mass is 624 g/mol. The van der Waals surface area contributed by atoms with Gasteiger partial charge in [-0.2, -0.15) is 0 Å². The molecule has 0 aliphatic carbocycles. The summed E-state index contributed by atoms with van der Waals surface area (Å²) in [5.41, 5.74) is 7.33. The van der Waals surface area contributed by atoms with Crippen molar-refractivity contribution in [1.82, 2.24) is 5.32 Å². The maximum atomic E-state index is 13.5. The molecule has 0 fully saturated rings. The fourth-order valence-corrected chi connectivity index (χ4v) is 5.03. The maximum Gasteiger partial charge on any atom is 0.272 e. The molecule has 10 nitrogen and oxygen atoms in total. The molecule has 4 aromatic rings. The quantitative estimate of drug-likeness (QED) is 0.123. The van der Waals surface area contributed by atoms with E-state index in [0.717, 1.165) is 4.90 Å². The number of amides is 4. The van der Waals surface area contributed by atoms with Gasteiger partial charge in [0.1, 0.15) is 17.2 Å². The van der Waals surface area contributed by atoms with Gasteiger partial charge in [-0.05, 0) is 79.7 Å². The summed E-state index contributed by atoms with van der Waals surface area (Å²) in [6.45, 7) is 1.74. The molecule has 230 valence electrons. The van der Waals surface area contributed by atoms with Crippen LogP contribution in [-0.4, -0.2) is 43.1 Å². The molecule has 0 aromatic heterocycles. The highest BCUT2D eigenvalue weighted by Crippen LogP contribution is 2.28. The third-order valence-corrected chi connectivity index (χ3v) is 7.62. The predicted molar refractivity (Wildman–Crippen MR) is 175 cm³/mol. The highest BCUT2D eigenvalue weighted by atomic mass is 32.2. The number of para-hydroxylation sites is 1. The van der Waals surface area contributed by atoms with Crippen LogP contribution in [0.25, 0.3) is 6.08 Å². The molecule has 0 saturated carbocycles. The molecule has 45 heavy (non-hydrogen) atoms. The van der Waals surface area contributed by atoms with Crippen LogP contribution < -0.4 is 31.2 Å². The van der Waals surface area contributed by atoms with Gasteiger partial charge < -0.3 is 31.2 Å². The molecule has 1 unspecified atom stereocenters. The number of carbonyl (C=O) groups excluding carboxylic acids is 4. The average molecular weight is 625 g/mol. The van der Waals surface area contributed by atoms with E-state index in [1.807, 2.05) is 0 Å². The third kappa shape index (κ3) is 8.74. The van der Waals surface area contributed by atoms with E-state index in [1.165, 1.54) is 32.1 Å². The summed E-state index contributed by atoms with van der Waals surface area (Å²) in [5, 5.41) is 7.76. The van der Waals surface area contributed by atoms with Crippen molar-refractivity contribution in [2.75, 3.05) is 24.9 Å². The molecule has 0 radical (unpaired) electrons. The van der Waals surface area contributed by atoms with E-state index in [9.17, 15) is 19.2 Å². The van der Waals surface area contributed by atoms with Crippen LogP contribution in [0.5, 0.6) is 11.5 Å². The van der Waals surface area contributed by atoms with Gasteiger partial charge in [-0.3, -0.25) is 19.2 Å². The number of thioether (sulfide) groups is 1. The number of hydrogen-bond donors (Lipinski definition) is 4. The molecule has 0 bridgehead atoms. The largest absolute Gasteiger partial charge is 0.497 e. The molecule has 0 aliphatic heterocycles. The van der Waals surface area contributed by atoms with Gasteiger partial charge in [-0.25, -0.2) is 0 Å². The second-order valence-corrected chi connectivity index (χ2v) is 11.0. The first-order chi connectivity index (χ1) is 21.7. The first kappa shape index (κ1) is 32.4. The Balaban J connectivity index is 1.49. The van der Waals surface area contributed by atoms with Crippen LogP contribution >= 0.6 is 11.8 Å². The van der Waals surface area contributed by atoms with Crippen LogP contribution in [0.15, 0.2) is 108 Å². The van der Waals surface area contributed by atoms with Crippen LogP contribution in [0.2, 0.25) is 0 Å². The summed E-state index contributed by atoms with van der Waals surface area (Å²) in [6, 6.07) is 27.1. The van der Waals surface area contributed by atoms with E-state index < -0.39 is 23.0 Å². The van der Waals surface area contributed by atoms with Crippen LogP contribution in [0.1, 0.15) is 33.2 Å². The average Bonchev–Trinajstić information content (AvgIpc) is 3.05. The summed E-state index contributed by atoms with van der Waals surface area (Å²) in [7, 11) is 3.03. The number of benzene rings is 4. The SMILES string of the molecule is COc1ccc(OC)c(/C=C(\NC(=O)c2ccccc2)C(=O)Nc2ccc(SC(C)C(=O)Nc3ccccc3C(N)=O)cc2)c1. The molecule has 5 N–H and O–H groups in total.